The zero-order valence-electron chi connectivity index (χ0n) is 17.8. The summed E-state index contributed by atoms with van der Waals surface area (Å²) >= 11 is 3.30. The molecule has 0 aromatic heterocycles. The maximum atomic E-state index is 13.5. The monoisotopic (exact) mass is 529 g/mol. The summed E-state index contributed by atoms with van der Waals surface area (Å²) in [7, 11) is -3.85. The van der Waals surface area contributed by atoms with E-state index in [1.807, 2.05) is 6.07 Å². The third kappa shape index (κ3) is 3.10. The van der Waals surface area contributed by atoms with Crippen LogP contribution in [-0.4, -0.2) is 37.5 Å². The second kappa shape index (κ2) is 7.21. The van der Waals surface area contributed by atoms with E-state index in [1.54, 1.807) is 50.2 Å². The number of rotatable bonds is 4. The number of sulfonamides is 1. The molecular weight excluding hydrogens is 510 g/mol. The third-order valence-corrected chi connectivity index (χ3v) is 9.16. The molecule has 3 heterocycles. The Bertz CT molecular complexity index is 1340. The van der Waals surface area contributed by atoms with Crippen molar-refractivity contribution in [1.29, 1.82) is 5.26 Å². The van der Waals surface area contributed by atoms with Crippen molar-refractivity contribution in [3.05, 3.63) is 58.6 Å². The number of carbonyl (C=O) groups excluding carboxylic acids is 2. The van der Waals surface area contributed by atoms with Crippen LogP contribution in [0.15, 0.2) is 57.9 Å². The van der Waals surface area contributed by atoms with Gasteiger partial charge in [-0.3, -0.25) is 9.59 Å². The van der Waals surface area contributed by atoms with Crippen LogP contribution in [0.25, 0.3) is 0 Å². The van der Waals surface area contributed by atoms with E-state index in [-0.39, 0.29) is 17.2 Å². The van der Waals surface area contributed by atoms with Gasteiger partial charge in [0.15, 0.2) is 0 Å². The van der Waals surface area contributed by atoms with E-state index in [2.05, 4.69) is 20.7 Å². The molecular formula is C23H20BrN3O5S. The number of benzene rings is 2. The largest absolute Gasteiger partial charge is 0.366 e. The molecule has 5 atom stereocenters. The molecule has 10 heteroatoms. The maximum absolute atomic E-state index is 13.5. The number of hydrogen-bond acceptors (Lipinski definition) is 6. The van der Waals surface area contributed by atoms with Crippen LogP contribution in [0.5, 0.6) is 0 Å². The Labute approximate surface area is 199 Å². The van der Waals surface area contributed by atoms with Crippen molar-refractivity contribution in [3.8, 4) is 6.07 Å². The van der Waals surface area contributed by atoms with E-state index in [4.69, 9.17) is 10.00 Å². The molecule has 0 aliphatic carbocycles. The topological polar surface area (TPSA) is 117 Å². The van der Waals surface area contributed by atoms with E-state index in [0.29, 0.717) is 15.7 Å². The molecule has 2 amide bonds. The van der Waals surface area contributed by atoms with E-state index < -0.39 is 45.0 Å². The first-order valence-corrected chi connectivity index (χ1v) is 12.6. The summed E-state index contributed by atoms with van der Waals surface area (Å²) in [4.78, 5) is 28.2. The molecule has 2 bridgehead atoms. The van der Waals surface area contributed by atoms with Gasteiger partial charge in [0, 0.05) is 4.47 Å². The van der Waals surface area contributed by atoms with Crippen LogP contribution in [0.3, 0.4) is 0 Å². The Balaban J connectivity index is 1.50. The molecule has 0 radical (unpaired) electrons. The van der Waals surface area contributed by atoms with Gasteiger partial charge in [0.2, 0.25) is 21.8 Å². The predicted octanol–water partition coefficient (Wildman–Crippen LogP) is 2.72. The molecule has 2 aromatic rings. The van der Waals surface area contributed by atoms with Crippen LogP contribution >= 0.6 is 15.9 Å². The molecule has 3 saturated heterocycles. The van der Waals surface area contributed by atoms with Crippen molar-refractivity contribution in [1.82, 2.24) is 4.72 Å². The van der Waals surface area contributed by atoms with E-state index in [9.17, 15) is 18.0 Å². The van der Waals surface area contributed by atoms with Crippen LogP contribution < -0.4 is 9.62 Å². The number of amides is 2. The summed E-state index contributed by atoms with van der Waals surface area (Å²) < 4.78 is 35.4. The molecule has 3 aliphatic rings. The van der Waals surface area contributed by atoms with E-state index in [1.165, 1.54) is 12.1 Å². The molecule has 3 aliphatic heterocycles. The minimum absolute atomic E-state index is 0.121. The molecule has 8 nitrogen and oxygen atoms in total. The summed E-state index contributed by atoms with van der Waals surface area (Å²) in [5.74, 6) is -2.36. The average Bonchev–Trinajstić information content (AvgIpc) is 3.29. The Kier molecular flexibility index (Phi) is 4.85. The normalized spacial score (nSPS) is 32.8. The molecule has 0 saturated carbocycles. The van der Waals surface area contributed by atoms with Gasteiger partial charge in [-0.2, -0.15) is 5.26 Å². The SMILES string of the molecule is C[C@]12O[C@](C)(CC1NS(=O)(=O)c1ccccc1)C1C(=O)N(c3ccc(C#N)c(Br)c3)C(=O)C12. The number of nitrogens with one attached hydrogen (secondary N) is 1. The van der Waals surface area contributed by atoms with Crippen LogP contribution in [0, 0.1) is 23.2 Å². The van der Waals surface area contributed by atoms with Gasteiger partial charge in [-0.05, 0) is 66.5 Å². The van der Waals surface area contributed by atoms with Gasteiger partial charge in [-0.15, -0.1) is 0 Å². The van der Waals surface area contributed by atoms with Gasteiger partial charge in [0.1, 0.15) is 6.07 Å². The first-order chi connectivity index (χ1) is 15.5. The Morgan fingerprint density at radius 1 is 1.12 bits per heavy atom. The number of anilines is 1. The second-order valence-electron chi connectivity index (χ2n) is 9.03. The summed E-state index contributed by atoms with van der Waals surface area (Å²) in [6.07, 6.45) is 0.265. The highest BCUT2D eigenvalue weighted by molar-refractivity contribution is 9.10. The van der Waals surface area contributed by atoms with Crippen molar-refractivity contribution in [3.63, 3.8) is 0 Å². The summed E-state index contributed by atoms with van der Waals surface area (Å²) in [6.45, 7) is 3.46. The molecule has 3 fully saturated rings. The number of nitriles is 1. The summed E-state index contributed by atoms with van der Waals surface area (Å²) in [5, 5.41) is 9.16. The van der Waals surface area contributed by atoms with Crippen molar-refractivity contribution < 1.29 is 22.7 Å². The molecule has 5 rings (SSSR count). The van der Waals surface area contributed by atoms with Gasteiger partial charge in [-0.1, -0.05) is 18.2 Å². The summed E-state index contributed by atoms with van der Waals surface area (Å²) in [5.41, 5.74) is -1.43. The second-order valence-corrected chi connectivity index (χ2v) is 11.6. The van der Waals surface area contributed by atoms with Crippen LogP contribution in [0.2, 0.25) is 0 Å². The van der Waals surface area contributed by atoms with E-state index >= 15 is 0 Å². The molecule has 170 valence electrons. The first kappa shape index (κ1) is 22.2. The number of hydrogen-bond donors (Lipinski definition) is 1. The van der Waals surface area contributed by atoms with Crippen LogP contribution in [0.4, 0.5) is 5.69 Å². The number of nitrogens with zero attached hydrogens (tertiary/aromatic N) is 2. The predicted molar refractivity (Wildman–Crippen MR) is 121 cm³/mol. The molecule has 0 spiro atoms. The highest BCUT2D eigenvalue weighted by Crippen LogP contribution is 2.61. The lowest BCUT2D eigenvalue weighted by Gasteiger charge is -2.35. The molecule has 2 aromatic carbocycles. The quantitative estimate of drug-likeness (QED) is 0.608. The zero-order chi connectivity index (χ0) is 23.8. The molecule has 1 N–H and O–H groups in total. The van der Waals surface area contributed by atoms with Gasteiger partial charge >= 0.3 is 0 Å². The minimum Gasteiger partial charge on any atom is -0.366 e. The standard InChI is InChI=1S/C23H20BrN3O5S/c1-22-11-17(26-33(30,31)15-6-4-3-5-7-15)23(2,32-22)19-18(22)20(28)27(21(19)29)14-9-8-13(12-25)16(24)10-14/h3-10,17-19,26H,11H2,1-2H3/t17?,18?,19?,22-,23+/m1/s1. The maximum Gasteiger partial charge on any atom is 0.240 e. The molecule has 33 heavy (non-hydrogen) atoms. The van der Waals surface area contributed by atoms with Crippen molar-refractivity contribution in [2.45, 2.75) is 42.4 Å². The van der Waals surface area contributed by atoms with Crippen LogP contribution in [-0.2, 0) is 24.3 Å². The number of carbonyl (C=O) groups is 2. The van der Waals surface area contributed by atoms with Crippen molar-refractivity contribution >= 4 is 43.5 Å². The lowest BCUT2D eigenvalue weighted by Crippen LogP contribution is -2.56. The lowest BCUT2D eigenvalue weighted by atomic mass is 9.67. The fourth-order valence-electron chi connectivity index (χ4n) is 5.56. The first-order valence-electron chi connectivity index (χ1n) is 10.4. The van der Waals surface area contributed by atoms with Gasteiger partial charge < -0.3 is 4.74 Å². The minimum atomic E-state index is -3.85. The lowest BCUT2D eigenvalue weighted by molar-refractivity contribution is -0.129. The number of fused-ring (bicyclic) bond motifs is 5. The highest BCUT2D eigenvalue weighted by atomic mass is 79.9. The van der Waals surface area contributed by atoms with Gasteiger partial charge in [0.05, 0.1) is 45.2 Å². The van der Waals surface area contributed by atoms with Crippen LogP contribution in [0.1, 0.15) is 25.8 Å². The highest BCUT2D eigenvalue weighted by Gasteiger charge is 2.76. The number of imide groups is 1. The fraction of sp³-hybridized carbons (Fsp3) is 0.348. The smallest absolute Gasteiger partial charge is 0.240 e. The average molecular weight is 530 g/mol. The van der Waals surface area contributed by atoms with E-state index in [0.717, 1.165) is 4.90 Å². The van der Waals surface area contributed by atoms with Crippen molar-refractivity contribution in [2.75, 3.05) is 4.90 Å². The van der Waals surface area contributed by atoms with Gasteiger partial charge in [0.25, 0.3) is 0 Å². The Hall–Kier alpha value is -2.58. The summed E-state index contributed by atoms with van der Waals surface area (Å²) in [6, 6.07) is 14.0. The number of ether oxygens (including phenoxy) is 1. The van der Waals surface area contributed by atoms with Crippen molar-refractivity contribution in [2.24, 2.45) is 11.8 Å². The molecule has 3 unspecified atom stereocenters. The third-order valence-electron chi connectivity index (χ3n) is 7.02. The van der Waals surface area contributed by atoms with Gasteiger partial charge in [-0.25, -0.2) is 18.0 Å². The number of halogens is 1. The Morgan fingerprint density at radius 2 is 1.79 bits per heavy atom. The Morgan fingerprint density at radius 3 is 2.42 bits per heavy atom. The zero-order valence-corrected chi connectivity index (χ0v) is 20.2. The fourth-order valence-corrected chi connectivity index (χ4v) is 7.36.